The fraction of sp³-hybridized carbons (Fsp3) is 0.909. The van der Waals surface area contributed by atoms with Gasteiger partial charge in [-0.05, 0) is 25.7 Å². The van der Waals surface area contributed by atoms with Gasteiger partial charge in [-0.15, -0.1) is 0 Å². The van der Waals surface area contributed by atoms with Crippen LogP contribution in [-0.2, 0) is 9.53 Å². The fourth-order valence-electron chi connectivity index (χ4n) is 1.41. The van der Waals surface area contributed by atoms with Gasteiger partial charge >= 0.3 is 5.97 Å². The van der Waals surface area contributed by atoms with Gasteiger partial charge in [0.2, 0.25) is 0 Å². The van der Waals surface area contributed by atoms with Crippen LogP contribution < -0.4 is 5.73 Å². The average molecular weight is 201 g/mol. The van der Waals surface area contributed by atoms with E-state index in [4.69, 9.17) is 10.5 Å². The summed E-state index contributed by atoms with van der Waals surface area (Å²) >= 11 is 0. The van der Waals surface area contributed by atoms with Crippen molar-refractivity contribution in [2.75, 3.05) is 6.61 Å². The zero-order valence-electron chi connectivity index (χ0n) is 9.80. The van der Waals surface area contributed by atoms with Crippen molar-refractivity contribution in [3.8, 4) is 0 Å². The van der Waals surface area contributed by atoms with Gasteiger partial charge in [0, 0.05) is 0 Å². The summed E-state index contributed by atoms with van der Waals surface area (Å²) in [6.45, 7) is 8.37. The molecule has 0 heterocycles. The number of hydrogen-bond donors (Lipinski definition) is 1. The van der Waals surface area contributed by atoms with E-state index >= 15 is 0 Å². The summed E-state index contributed by atoms with van der Waals surface area (Å²) in [4.78, 5) is 11.5. The summed E-state index contributed by atoms with van der Waals surface area (Å²) in [7, 11) is 0. The highest BCUT2D eigenvalue weighted by Gasteiger charge is 2.30. The van der Waals surface area contributed by atoms with Crippen LogP contribution in [0.4, 0.5) is 0 Å². The molecule has 0 aromatic rings. The van der Waals surface area contributed by atoms with Crippen molar-refractivity contribution in [1.29, 1.82) is 0 Å². The highest BCUT2D eigenvalue weighted by atomic mass is 16.5. The molecular weight excluding hydrogens is 178 g/mol. The van der Waals surface area contributed by atoms with Crippen molar-refractivity contribution in [2.24, 2.45) is 11.7 Å². The van der Waals surface area contributed by atoms with Gasteiger partial charge in [-0.3, -0.25) is 4.79 Å². The maximum atomic E-state index is 11.5. The first kappa shape index (κ1) is 13.4. The Balaban J connectivity index is 3.95. The molecule has 3 nitrogen and oxygen atoms in total. The smallest absolute Gasteiger partial charge is 0.325 e. The van der Waals surface area contributed by atoms with Crippen molar-refractivity contribution in [3.63, 3.8) is 0 Å². The molecule has 0 saturated carbocycles. The van der Waals surface area contributed by atoms with E-state index in [0.29, 0.717) is 18.9 Å². The van der Waals surface area contributed by atoms with Crippen LogP contribution in [0.15, 0.2) is 0 Å². The molecule has 0 amide bonds. The molecule has 2 N–H and O–H groups in total. The molecule has 0 aromatic heterocycles. The van der Waals surface area contributed by atoms with Gasteiger partial charge in [0.25, 0.3) is 0 Å². The van der Waals surface area contributed by atoms with Crippen LogP contribution in [0.5, 0.6) is 0 Å². The minimum Gasteiger partial charge on any atom is -0.464 e. The molecule has 3 heteroatoms. The lowest BCUT2D eigenvalue weighted by Gasteiger charge is -2.24. The Hall–Kier alpha value is -0.570. The van der Waals surface area contributed by atoms with Crippen molar-refractivity contribution in [3.05, 3.63) is 0 Å². The van der Waals surface area contributed by atoms with Crippen molar-refractivity contribution < 1.29 is 9.53 Å². The quantitative estimate of drug-likeness (QED) is 0.529. The minimum absolute atomic E-state index is 0.278. The minimum atomic E-state index is -0.831. The van der Waals surface area contributed by atoms with Gasteiger partial charge in [0.15, 0.2) is 0 Å². The molecule has 0 saturated heterocycles. The zero-order valence-corrected chi connectivity index (χ0v) is 9.80. The molecule has 1 atom stereocenters. The molecule has 14 heavy (non-hydrogen) atoms. The lowest BCUT2D eigenvalue weighted by Crippen LogP contribution is -2.47. The first-order chi connectivity index (χ1) is 6.40. The van der Waals surface area contributed by atoms with E-state index in [-0.39, 0.29) is 5.97 Å². The summed E-state index contributed by atoms with van der Waals surface area (Å²) in [6.07, 6.45) is 2.60. The SMILES string of the molecule is CCCCOC(=O)C(C)(N)CC(C)C. The number of carbonyl (C=O) groups is 1. The number of hydrogen-bond acceptors (Lipinski definition) is 3. The normalized spacial score (nSPS) is 15.3. The third-order valence-electron chi connectivity index (χ3n) is 2.03. The highest BCUT2D eigenvalue weighted by Crippen LogP contribution is 2.15. The average Bonchev–Trinajstić information content (AvgIpc) is 2.02. The van der Waals surface area contributed by atoms with Crippen LogP contribution in [0.25, 0.3) is 0 Å². The predicted octanol–water partition coefficient (Wildman–Crippen LogP) is 2.09. The molecule has 0 radical (unpaired) electrons. The Labute approximate surface area is 87.0 Å². The van der Waals surface area contributed by atoms with Crippen LogP contribution >= 0.6 is 0 Å². The molecule has 0 aliphatic rings. The first-order valence-electron chi connectivity index (χ1n) is 5.36. The third-order valence-corrected chi connectivity index (χ3v) is 2.03. The molecule has 0 aliphatic carbocycles. The zero-order chi connectivity index (χ0) is 11.2. The van der Waals surface area contributed by atoms with Crippen molar-refractivity contribution >= 4 is 5.97 Å². The molecule has 0 aromatic carbocycles. The number of ether oxygens (including phenoxy) is 1. The third kappa shape index (κ3) is 5.22. The largest absolute Gasteiger partial charge is 0.464 e. The van der Waals surface area contributed by atoms with Crippen LogP contribution in [0.3, 0.4) is 0 Å². The van der Waals surface area contributed by atoms with Crippen LogP contribution in [0.2, 0.25) is 0 Å². The maximum Gasteiger partial charge on any atom is 0.325 e. The fourth-order valence-corrected chi connectivity index (χ4v) is 1.41. The molecule has 0 bridgehead atoms. The van der Waals surface area contributed by atoms with E-state index in [9.17, 15) is 4.79 Å². The topological polar surface area (TPSA) is 52.3 Å². The summed E-state index contributed by atoms with van der Waals surface area (Å²) in [5.41, 5.74) is 5.04. The molecule has 1 unspecified atom stereocenters. The van der Waals surface area contributed by atoms with Crippen LogP contribution in [0.1, 0.15) is 47.0 Å². The Morgan fingerprint density at radius 3 is 2.50 bits per heavy atom. The van der Waals surface area contributed by atoms with E-state index in [0.717, 1.165) is 12.8 Å². The van der Waals surface area contributed by atoms with Gasteiger partial charge in [-0.2, -0.15) is 0 Å². The molecule has 0 rings (SSSR count). The van der Waals surface area contributed by atoms with Gasteiger partial charge in [-0.25, -0.2) is 0 Å². The second-order valence-corrected chi connectivity index (χ2v) is 4.50. The monoisotopic (exact) mass is 201 g/mol. The van der Waals surface area contributed by atoms with Crippen LogP contribution in [-0.4, -0.2) is 18.1 Å². The lowest BCUT2D eigenvalue weighted by atomic mass is 9.92. The van der Waals surface area contributed by atoms with Gasteiger partial charge in [0.05, 0.1) is 6.61 Å². The molecule has 84 valence electrons. The summed E-state index contributed by atoms with van der Waals surface area (Å²) in [6, 6.07) is 0. The number of esters is 1. The molecule has 0 aliphatic heterocycles. The maximum absolute atomic E-state index is 11.5. The van der Waals surface area contributed by atoms with Crippen molar-refractivity contribution in [1.82, 2.24) is 0 Å². The number of unbranched alkanes of at least 4 members (excludes halogenated alkanes) is 1. The molecule has 0 fully saturated rings. The van der Waals surface area contributed by atoms with E-state index in [2.05, 4.69) is 6.92 Å². The Morgan fingerprint density at radius 2 is 2.07 bits per heavy atom. The summed E-state index contributed by atoms with van der Waals surface area (Å²) < 4.78 is 5.08. The van der Waals surface area contributed by atoms with E-state index in [1.165, 1.54) is 0 Å². The van der Waals surface area contributed by atoms with E-state index in [1.807, 2.05) is 13.8 Å². The Bertz CT molecular complexity index is 176. The number of carbonyl (C=O) groups excluding carboxylic acids is 1. The van der Waals surface area contributed by atoms with E-state index in [1.54, 1.807) is 6.92 Å². The highest BCUT2D eigenvalue weighted by molar-refractivity contribution is 5.79. The molecular formula is C11H23NO2. The van der Waals surface area contributed by atoms with E-state index < -0.39 is 5.54 Å². The second-order valence-electron chi connectivity index (χ2n) is 4.50. The second kappa shape index (κ2) is 6.02. The van der Waals surface area contributed by atoms with Gasteiger partial charge in [0.1, 0.15) is 5.54 Å². The predicted molar refractivity (Wildman–Crippen MR) is 57.9 cm³/mol. The number of nitrogens with two attached hydrogens (primary N) is 1. The number of rotatable bonds is 6. The van der Waals surface area contributed by atoms with Gasteiger partial charge < -0.3 is 10.5 Å². The summed E-state index contributed by atoms with van der Waals surface area (Å²) in [5.74, 6) is 0.128. The van der Waals surface area contributed by atoms with Gasteiger partial charge in [-0.1, -0.05) is 27.2 Å². The van der Waals surface area contributed by atoms with Crippen LogP contribution in [0, 0.1) is 5.92 Å². The summed E-state index contributed by atoms with van der Waals surface area (Å²) in [5, 5.41) is 0. The first-order valence-corrected chi connectivity index (χ1v) is 5.36. The molecule has 0 spiro atoms. The Morgan fingerprint density at radius 1 is 1.50 bits per heavy atom. The standard InChI is InChI=1S/C11H23NO2/c1-5-6-7-14-10(13)11(4,12)8-9(2)3/h9H,5-8,12H2,1-4H3. The Kier molecular flexibility index (Phi) is 5.77. The van der Waals surface area contributed by atoms with Crippen molar-refractivity contribution in [2.45, 2.75) is 52.5 Å². The lowest BCUT2D eigenvalue weighted by molar-refractivity contribution is -0.150.